The second-order valence-corrected chi connectivity index (χ2v) is 8.95. The molecule has 31 heavy (non-hydrogen) atoms. The van der Waals surface area contributed by atoms with Gasteiger partial charge >= 0.3 is 6.09 Å². The van der Waals surface area contributed by atoms with E-state index in [1.165, 1.54) is 31.9 Å². The molecule has 1 unspecified atom stereocenters. The van der Waals surface area contributed by atoms with Crippen LogP contribution in [0, 0.1) is 0 Å². The molecule has 0 radical (unpaired) electrons. The molecule has 9 nitrogen and oxygen atoms in total. The standard InChI is InChI=1S/C21H32N4O5S/c1-30-21(28)23-9-12-31(29)16-20(27)24-14-19(26)6-5-18-13-17(7-8-22-18)15-25-10-3-2-4-11-25/h6-8,13,26H,2-5,9-12,14-16H2,1H3,(H,23,28)(H,24,27)/b19-6-. The largest absolute Gasteiger partial charge is 0.616 e. The number of allylic oxidation sites excluding steroid dienone is 1. The van der Waals surface area contributed by atoms with E-state index in [-0.39, 0.29) is 30.4 Å². The number of alkyl carbamates (subject to hydrolysis) is 1. The van der Waals surface area contributed by atoms with Gasteiger partial charge in [0.1, 0.15) is 11.5 Å². The van der Waals surface area contributed by atoms with E-state index in [2.05, 4.69) is 25.3 Å². The molecule has 1 atom stereocenters. The first kappa shape index (κ1) is 25.0. The Morgan fingerprint density at radius 3 is 2.84 bits per heavy atom. The van der Waals surface area contributed by atoms with E-state index in [9.17, 15) is 19.2 Å². The number of pyridine rings is 1. The average Bonchev–Trinajstić information content (AvgIpc) is 2.77. The Labute approximate surface area is 186 Å². The minimum Gasteiger partial charge on any atom is -0.616 e. The molecule has 0 saturated carbocycles. The molecule has 1 aromatic rings. The van der Waals surface area contributed by atoms with Crippen molar-refractivity contribution in [3.8, 4) is 0 Å². The highest BCUT2D eigenvalue weighted by molar-refractivity contribution is 7.92. The van der Waals surface area contributed by atoms with Crippen molar-refractivity contribution in [2.75, 3.05) is 44.8 Å². The van der Waals surface area contributed by atoms with Gasteiger partial charge in [0.2, 0.25) is 0 Å². The zero-order chi connectivity index (χ0) is 22.5. The van der Waals surface area contributed by atoms with E-state index in [1.807, 2.05) is 12.1 Å². The van der Waals surface area contributed by atoms with Crippen LogP contribution in [0.1, 0.15) is 30.5 Å². The van der Waals surface area contributed by atoms with Gasteiger partial charge in [0.05, 0.1) is 20.2 Å². The molecule has 172 valence electrons. The van der Waals surface area contributed by atoms with Gasteiger partial charge in [-0.15, -0.1) is 0 Å². The number of nitrogens with one attached hydrogen (secondary N) is 2. The second kappa shape index (κ2) is 13.9. The Balaban J connectivity index is 1.69. The van der Waals surface area contributed by atoms with Crippen LogP contribution in [-0.4, -0.2) is 76.3 Å². The second-order valence-electron chi connectivity index (χ2n) is 7.38. The highest BCUT2D eigenvalue weighted by Crippen LogP contribution is 2.13. The van der Waals surface area contributed by atoms with Gasteiger partial charge in [0, 0.05) is 24.9 Å². The number of carbonyl (C=O) groups is 2. The summed E-state index contributed by atoms with van der Waals surface area (Å²) in [7, 11) is 1.24. The van der Waals surface area contributed by atoms with Crippen LogP contribution >= 0.6 is 0 Å². The van der Waals surface area contributed by atoms with Gasteiger partial charge in [-0.3, -0.25) is 14.7 Å². The summed E-state index contributed by atoms with van der Waals surface area (Å²) in [6.45, 7) is 3.29. The SMILES string of the molecule is COC(=O)NCC[S+]([O-])CC(=O)NC/C(O)=C/Cc1cc(CN2CCCCC2)ccn1. The van der Waals surface area contributed by atoms with E-state index in [1.54, 1.807) is 12.3 Å². The summed E-state index contributed by atoms with van der Waals surface area (Å²) in [5, 5.41) is 15.0. The first-order valence-corrected chi connectivity index (χ1v) is 11.9. The number of ether oxygens (including phenoxy) is 1. The third-order valence-electron chi connectivity index (χ3n) is 4.83. The molecule has 1 fully saturated rings. The van der Waals surface area contributed by atoms with E-state index < -0.39 is 23.2 Å². The first-order chi connectivity index (χ1) is 15.0. The van der Waals surface area contributed by atoms with E-state index >= 15 is 0 Å². The van der Waals surface area contributed by atoms with Crippen LogP contribution in [0.3, 0.4) is 0 Å². The molecule has 2 heterocycles. The highest BCUT2D eigenvalue weighted by atomic mass is 32.2. The molecule has 0 spiro atoms. The van der Waals surface area contributed by atoms with Gasteiger partial charge in [0.15, 0.2) is 5.75 Å². The lowest BCUT2D eigenvalue weighted by atomic mass is 10.1. The number of hydrogen-bond acceptors (Lipinski definition) is 7. The van der Waals surface area contributed by atoms with Crippen LogP contribution in [-0.2, 0) is 33.7 Å². The number of aliphatic hydroxyl groups is 1. The molecule has 1 aromatic heterocycles. The van der Waals surface area contributed by atoms with Crippen LogP contribution in [0.5, 0.6) is 0 Å². The summed E-state index contributed by atoms with van der Waals surface area (Å²) < 4.78 is 16.2. The number of nitrogens with zero attached hydrogens (tertiary/aromatic N) is 2. The van der Waals surface area contributed by atoms with Gasteiger partial charge in [-0.05, 0) is 60.9 Å². The van der Waals surface area contributed by atoms with Gasteiger partial charge < -0.3 is 25.0 Å². The van der Waals surface area contributed by atoms with Crippen LogP contribution in [0.4, 0.5) is 4.79 Å². The Hall–Kier alpha value is -2.30. The summed E-state index contributed by atoms with van der Waals surface area (Å²) in [6.07, 6.45) is 7.05. The number of rotatable bonds is 11. The van der Waals surface area contributed by atoms with Crippen LogP contribution in [0.15, 0.2) is 30.2 Å². The molecule has 10 heteroatoms. The topological polar surface area (TPSA) is 127 Å². The van der Waals surface area contributed by atoms with Crippen molar-refractivity contribution < 1.29 is 24.0 Å². The summed E-state index contributed by atoms with van der Waals surface area (Å²) in [4.78, 5) is 29.6. The fraction of sp³-hybridized carbons (Fsp3) is 0.571. The Bertz CT molecular complexity index is 740. The minimum atomic E-state index is -1.42. The molecular formula is C21H32N4O5S. The number of piperidine rings is 1. The minimum absolute atomic E-state index is 0.0229. The third-order valence-corrected chi connectivity index (χ3v) is 6.07. The van der Waals surface area contributed by atoms with Gasteiger partial charge in [-0.1, -0.05) is 6.42 Å². The molecule has 0 aromatic carbocycles. The van der Waals surface area contributed by atoms with Gasteiger partial charge in [-0.25, -0.2) is 4.79 Å². The quantitative estimate of drug-likeness (QED) is 0.341. The summed E-state index contributed by atoms with van der Waals surface area (Å²) in [5.74, 6) is -0.465. The number of likely N-dealkylation sites (tertiary alicyclic amines) is 1. The summed E-state index contributed by atoms with van der Waals surface area (Å²) >= 11 is -1.42. The number of aliphatic hydroxyl groups excluding tert-OH is 1. The number of methoxy groups -OCH3 is 1. The molecular weight excluding hydrogens is 420 g/mol. The van der Waals surface area contributed by atoms with Crippen LogP contribution < -0.4 is 10.6 Å². The Morgan fingerprint density at radius 2 is 2.10 bits per heavy atom. The Kier molecular flexibility index (Phi) is 11.2. The molecule has 0 bridgehead atoms. The van der Waals surface area contributed by atoms with E-state index in [0.29, 0.717) is 6.42 Å². The van der Waals surface area contributed by atoms with Crippen molar-refractivity contribution in [3.63, 3.8) is 0 Å². The molecule has 2 amide bonds. The molecule has 3 N–H and O–H groups in total. The van der Waals surface area contributed by atoms with Gasteiger partial charge in [0.25, 0.3) is 5.91 Å². The maximum atomic E-state index is 11.8. The zero-order valence-electron chi connectivity index (χ0n) is 18.0. The monoisotopic (exact) mass is 452 g/mol. The van der Waals surface area contributed by atoms with E-state index in [0.717, 1.165) is 25.3 Å². The van der Waals surface area contributed by atoms with E-state index in [4.69, 9.17) is 0 Å². The lowest BCUT2D eigenvalue weighted by Gasteiger charge is -2.26. The third kappa shape index (κ3) is 10.5. The number of hydrogen-bond donors (Lipinski definition) is 3. The molecule has 1 saturated heterocycles. The maximum absolute atomic E-state index is 11.8. The van der Waals surface area contributed by atoms with Gasteiger partial charge in [-0.2, -0.15) is 0 Å². The number of amides is 2. The van der Waals surface area contributed by atoms with Crippen LogP contribution in [0.25, 0.3) is 0 Å². The number of carbonyl (C=O) groups excluding carboxylic acids is 2. The lowest BCUT2D eigenvalue weighted by molar-refractivity contribution is -0.118. The zero-order valence-corrected chi connectivity index (χ0v) is 18.8. The van der Waals surface area contributed by atoms with Crippen molar-refractivity contribution in [2.45, 2.75) is 32.2 Å². The van der Waals surface area contributed by atoms with Crippen LogP contribution in [0.2, 0.25) is 0 Å². The molecule has 1 aliphatic heterocycles. The summed E-state index contributed by atoms with van der Waals surface area (Å²) in [5.41, 5.74) is 2.06. The predicted molar refractivity (Wildman–Crippen MR) is 119 cm³/mol. The smallest absolute Gasteiger partial charge is 0.407 e. The summed E-state index contributed by atoms with van der Waals surface area (Å²) in [6, 6.07) is 4.06. The first-order valence-electron chi connectivity index (χ1n) is 10.4. The fourth-order valence-corrected chi connectivity index (χ4v) is 4.07. The van der Waals surface area contributed by atoms with Crippen molar-refractivity contribution >= 4 is 23.2 Å². The maximum Gasteiger partial charge on any atom is 0.407 e. The molecule has 0 aliphatic carbocycles. The van der Waals surface area contributed by atoms with Crippen molar-refractivity contribution in [1.82, 2.24) is 20.5 Å². The average molecular weight is 453 g/mol. The lowest BCUT2D eigenvalue weighted by Crippen LogP contribution is -2.35. The normalized spacial score (nSPS) is 15.9. The predicted octanol–water partition coefficient (Wildman–Crippen LogP) is 1.27. The molecule has 1 aliphatic rings. The van der Waals surface area contributed by atoms with Crippen molar-refractivity contribution in [2.24, 2.45) is 0 Å². The Morgan fingerprint density at radius 1 is 1.32 bits per heavy atom. The van der Waals surface area contributed by atoms with Crippen molar-refractivity contribution in [1.29, 1.82) is 0 Å². The fourth-order valence-electron chi connectivity index (χ4n) is 3.21. The van der Waals surface area contributed by atoms with Crippen molar-refractivity contribution in [3.05, 3.63) is 41.4 Å². The highest BCUT2D eigenvalue weighted by Gasteiger charge is 2.14. The number of aromatic nitrogens is 1. The molecule has 2 rings (SSSR count).